The van der Waals surface area contributed by atoms with Gasteiger partial charge in [0.2, 0.25) is 0 Å². The quantitative estimate of drug-likeness (QED) is 0.670. The van der Waals surface area contributed by atoms with Crippen molar-refractivity contribution in [1.82, 2.24) is 0 Å². The lowest BCUT2D eigenvalue weighted by Gasteiger charge is -2.02. The minimum absolute atomic E-state index is 0.627. The lowest BCUT2D eigenvalue weighted by molar-refractivity contribution is 0.548. The Labute approximate surface area is 135 Å². The van der Waals surface area contributed by atoms with Crippen molar-refractivity contribution in [2.24, 2.45) is 0 Å². The fourth-order valence-electron chi connectivity index (χ4n) is 2.76. The van der Waals surface area contributed by atoms with Crippen LogP contribution in [-0.2, 0) is 0 Å². The first-order chi connectivity index (χ1) is 11.1. The summed E-state index contributed by atoms with van der Waals surface area (Å²) in [4.78, 5) is 0. The Morgan fingerprint density at radius 2 is 1.22 bits per heavy atom. The van der Waals surface area contributed by atoms with Crippen LogP contribution < -0.4 is 0 Å². The fourth-order valence-corrected chi connectivity index (χ4v) is 2.76. The van der Waals surface area contributed by atoms with Gasteiger partial charge in [0, 0.05) is 16.7 Å². The standard InChI is InChI=1S/C20H14N2O/c1-13-19(17-7-3-15(11-21)4-8-17)14(2)23-20(13)18-9-5-16(12-22)6-10-18/h3-10H,1-2H3. The van der Waals surface area contributed by atoms with E-state index >= 15 is 0 Å². The van der Waals surface area contributed by atoms with E-state index < -0.39 is 0 Å². The Bertz CT molecular complexity index is 934. The Morgan fingerprint density at radius 3 is 1.70 bits per heavy atom. The van der Waals surface area contributed by atoms with Gasteiger partial charge in [-0.05, 0) is 55.8 Å². The molecule has 0 saturated heterocycles. The van der Waals surface area contributed by atoms with Crippen LogP contribution >= 0.6 is 0 Å². The monoisotopic (exact) mass is 298 g/mol. The number of hydrogen-bond acceptors (Lipinski definition) is 3. The van der Waals surface area contributed by atoms with Crippen LogP contribution in [0.5, 0.6) is 0 Å². The molecule has 3 aromatic rings. The highest BCUT2D eigenvalue weighted by Gasteiger charge is 2.17. The van der Waals surface area contributed by atoms with E-state index in [4.69, 9.17) is 14.9 Å². The van der Waals surface area contributed by atoms with E-state index in [1.54, 1.807) is 12.1 Å². The second-order valence-corrected chi connectivity index (χ2v) is 5.37. The number of rotatable bonds is 2. The molecule has 0 spiro atoms. The SMILES string of the molecule is Cc1oc(-c2ccc(C#N)cc2)c(C)c1-c1ccc(C#N)cc1. The summed E-state index contributed by atoms with van der Waals surface area (Å²) in [7, 11) is 0. The molecule has 0 amide bonds. The minimum atomic E-state index is 0.627. The molecule has 3 nitrogen and oxygen atoms in total. The summed E-state index contributed by atoms with van der Waals surface area (Å²) in [5, 5.41) is 17.8. The van der Waals surface area contributed by atoms with Crippen molar-refractivity contribution in [3.63, 3.8) is 0 Å². The summed E-state index contributed by atoms with van der Waals surface area (Å²) in [5.74, 6) is 1.65. The topological polar surface area (TPSA) is 60.7 Å². The Hall–Kier alpha value is -3.30. The Morgan fingerprint density at radius 1 is 0.739 bits per heavy atom. The minimum Gasteiger partial charge on any atom is -0.460 e. The smallest absolute Gasteiger partial charge is 0.137 e. The predicted molar refractivity (Wildman–Crippen MR) is 88.5 cm³/mol. The molecule has 0 aliphatic carbocycles. The molecule has 0 aliphatic heterocycles. The second-order valence-electron chi connectivity index (χ2n) is 5.37. The van der Waals surface area contributed by atoms with Crippen LogP contribution in [0.2, 0.25) is 0 Å². The van der Waals surface area contributed by atoms with Crippen LogP contribution in [0.15, 0.2) is 52.9 Å². The molecule has 0 unspecified atom stereocenters. The summed E-state index contributed by atoms with van der Waals surface area (Å²) >= 11 is 0. The lowest BCUT2D eigenvalue weighted by atomic mass is 9.98. The molecule has 3 rings (SSSR count). The molecule has 0 saturated carbocycles. The maximum Gasteiger partial charge on any atom is 0.137 e. The van der Waals surface area contributed by atoms with E-state index in [1.807, 2.05) is 50.2 Å². The molecule has 0 radical (unpaired) electrons. The van der Waals surface area contributed by atoms with Crippen molar-refractivity contribution in [3.05, 3.63) is 71.0 Å². The van der Waals surface area contributed by atoms with Gasteiger partial charge in [-0.3, -0.25) is 0 Å². The molecule has 0 fully saturated rings. The summed E-state index contributed by atoms with van der Waals surface area (Å²) in [6.07, 6.45) is 0. The molecule has 110 valence electrons. The highest BCUT2D eigenvalue weighted by Crippen LogP contribution is 2.37. The number of nitriles is 2. The van der Waals surface area contributed by atoms with E-state index in [0.717, 1.165) is 33.8 Å². The molecule has 0 N–H and O–H groups in total. The van der Waals surface area contributed by atoms with E-state index in [-0.39, 0.29) is 0 Å². The molecule has 0 aliphatic rings. The van der Waals surface area contributed by atoms with Gasteiger partial charge in [-0.25, -0.2) is 0 Å². The summed E-state index contributed by atoms with van der Waals surface area (Å²) in [5.41, 5.74) is 5.35. The van der Waals surface area contributed by atoms with Crippen molar-refractivity contribution in [1.29, 1.82) is 10.5 Å². The summed E-state index contributed by atoms with van der Waals surface area (Å²) in [6.45, 7) is 3.96. The first-order valence-electron chi connectivity index (χ1n) is 7.25. The third kappa shape index (κ3) is 2.61. The summed E-state index contributed by atoms with van der Waals surface area (Å²) < 4.78 is 5.97. The van der Waals surface area contributed by atoms with Crippen LogP contribution in [-0.4, -0.2) is 0 Å². The third-order valence-corrected chi connectivity index (χ3v) is 3.90. The number of hydrogen-bond donors (Lipinski definition) is 0. The number of aryl methyl sites for hydroxylation is 1. The molecule has 0 bridgehead atoms. The van der Waals surface area contributed by atoms with Crippen molar-refractivity contribution < 1.29 is 4.42 Å². The summed E-state index contributed by atoms with van der Waals surface area (Å²) in [6, 6.07) is 19.1. The van der Waals surface area contributed by atoms with Crippen LogP contribution in [0, 0.1) is 36.5 Å². The van der Waals surface area contributed by atoms with Crippen molar-refractivity contribution in [2.75, 3.05) is 0 Å². The molecule has 0 atom stereocenters. The molecule has 1 heterocycles. The molecule has 23 heavy (non-hydrogen) atoms. The van der Waals surface area contributed by atoms with Gasteiger partial charge in [0.25, 0.3) is 0 Å². The highest BCUT2D eigenvalue weighted by atomic mass is 16.3. The fraction of sp³-hybridized carbons (Fsp3) is 0.100. The average molecular weight is 298 g/mol. The Balaban J connectivity index is 2.08. The average Bonchev–Trinajstić information content (AvgIpc) is 2.89. The van der Waals surface area contributed by atoms with Crippen LogP contribution in [0.1, 0.15) is 22.5 Å². The molecule has 3 heteroatoms. The van der Waals surface area contributed by atoms with E-state index in [0.29, 0.717) is 11.1 Å². The third-order valence-electron chi connectivity index (χ3n) is 3.90. The zero-order valence-electron chi connectivity index (χ0n) is 12.9. The second kappa shape index (κ2) is 5.83. The van der Waals surface area contributed by atoms with Gasteiger partial charge in [-0.1, -0.05) is 12.1 Å². The van der Waals surface area contributed by atoms with Crippen LogP contribution in [0.25, 0.3) is 22.5 Å². The van der Waals surface area contributed by atoms with E-state index in [2.05, 4.69) is 12.1 Å². The zero-order chi connectivity index (χ0) is 16.4. The van der Waals surface area contributed by atoms with Gasteiger partial charge in [0.1, 0.15) is 11.5 Å². The molecular weight excluding hydrogens is 284 g/mol. The van der Waals surface area contributed by atoms with Gasteiger partial charge < -0.3 is 4.42 Å². The van der Waals surface area contributed by atoms with Gasteiger partial charge in [0.15, 0.2) is 0 Å². The molecular formula is C20H14N2O. The van der Waals surface area contributed by atoms with Crippen molar-refractivity contribution in [3.8, 4) is 34.6 Å². The number of furan rings is 1. The molecule has 2 aromatic carbocycles. The van der Waals surface area contributed by atoms with Crippen LogP contribution in [0.3, 0.4) is 0 Å². The van der Waals surface area contributed by atoms with E-state index in [9.17, 15) is 0 Å². The van der Waals surface area contributed by atoms with E-state index in [1.165, 1.54) is 0 Å². The highest BCUT2D eigenvalue weighted by molar-refractivity contribution is 5.77. The van der Waals surface area contributed by atoms with Gasteiger partial charge in [-0.15, -0.1) is 0 Å². The first-order valence-corrected chi connectivity index (χ1v) is 7.25. The largest absolute Gasteiger partial charge is 0.460 e. The predicted octanol–water partition coefficient (Wildman–Crippen LogP) is 4.97. The van der Waals surface area contributed by atoms with Gasteiger partial charge in [-0.2, -0.15) is 10.5 Å². The van der Waals surface area contributed by atoms with Crippen LogP contribution in [0.4, 0.5) is 0 Å². The van der Waals surface area contributed by atoms with Gasteiger partial charge >= 0.3 is 0 Å². The maximum absolute atomic E-state index is 8.91. The normalized spacial score (nSPS) is 10.1. The maximum atomic E-state index is 8.91. The number of benzene rings is 2. The zero-order valence-corrected chi connectivity index (χ0v) is 12.9. The first kappa shape index (κ1) is 14.6. The van der Waals surface area contributed by atoms with Crippen molar-refractivity contribution >= 4 is 0 Å². The van der Waals surface area contributed by atoms with Crippen molar-refractivity contribution in [2.45, 2.75) is 13.8 Å². The van der Waals surface area contributed by atoms with Gasteiger partial charge in [0.05, 0.1) is 23.3 Å². The lowest BCUT2D eigenvalue weighted by Crippen LogP contribution is -1.83. The Kier molecular flexibility index (Phi) is 3.71. The molecule has 1 aromatic heterocycles. The number of nitrogens with zero attached hydrogens (tertiary/aromatic N) is 2.